The van der Waals surface area contributed by atoms with E-state index in [0.29, 0.717) is 23.5 Å². The number of nitrogens with zero attached hydrogens (tertiary/aromatic N) is 2. The molecule has 0 aliphatic heterocycles. The van der Waals surface area contributed by atoms with Gasteiger partial charge in [-0.15, -0.1) is 0 Å². The number of H-pyrrole nitrogens is 1. The standard InChI is InChI=1S/C17H27N5O2/c1-9(2)6-12(8-18)20-14(23)7-13-10(3)15-16(19-11(13)4)22(5)21-17(15)24/h9,12H,6-8,18H2,1-5H3,(H,20,23)(H,21,24). The Bertz CT molecular complexity index is 803. The summed E-state index contributed by atoms with van der Waals surface area (Å²) in [5, 5.41) is 6.24. The molecule has 2 rings (SSSR count). The van der Waals surface area contributed by atoms with Crippen LogP contribution in [-0.4, -0.2) is 33.3 Å². The Morgan fingerprint density at radius 1 is 1.38 bits per heavy atom. The minimum absolute atomic E-state index is 0.0325. The molecule has 0 aromatic carbocycles. The largest absolute Gasteiger partial charge is 0.352 e. The molecular weight excluding hydrogens is 306 g/mol. The number of carbonyl (C=O) groups excluding carboxylic acids is 1. The molecule has 0 bridgehead atoms. The second-order valence-corrected chi connectivity index (χ2v) is 6.81. The molecule has 2 aromatic rings. The summed E-state index contributed by atoms with van der Waals surface area (Å²) in [6, 6.07) is -0.0325. The molecule has 132 valence electrons. The molecule has 24 heavy (non-hydrogen) atoms. The van der Waals surface area contributed by atoms with Crippen LogP contribution < -0.4 is 16.6 Å². The van der Waals surface area contributed by atoms with Crippen molar-refractivity contribution in [1.82, 2.24) is 20.1 Å². The first-order chi connectivity index (χ1) is 11.2. The third-order valence-electron chi connectivity index (χ3n) is 4.32. The highest BCUT2D eigenvalue weighted by Gasteiger charge is 2.19. The third kappa shape index (κ3) is 3.67. The number of aryl methyl sites for hydroxylation is 3. The van der Waals surface area contributed by atoms with Crippen molar-refractivity contribution in [2.75, 3.05) is 6.54 Å². The number of nitrogens with two attached hydrogens (primary N) is 1. The average molecular weight is 333 g/mol. The fraction of sp³-hybridized carbons (Fsp3) is 0.588. The summed E-state index contributed by atoms with van der Waals surface area (Å²) in [6.45, 7) is 8.34. The lowest BCUT2D eigenvalue weighted by molar-refractivity contribution is -0.121. The topological polar surface area (TPSA) is 106 Å². The van der Waals surface area contributed by atoms with Crippen molar-refractivity contribution in [2.45, 2.75) is 46.6 Å². The van der Waals surface area contributed by atoms with E-state index in [1.54, 1.807) is 11.7 Å². The maximum atomic E-state index is 12.4. The van der Waals surface area contributed by atoms with E-state index in [4.69, 9.17) is 5.73 Å². The Labute approximate surface area is 141 Å². The molecule has 2 aromatic heterocycles. The molecule has 0 radical (unpaired) electrons. The molecule has 7 nitrogen and oxygen atoms in total. The lowest BCUT2D eigenvalue weighted by Crippen LogP contribution is -2.41. The molecule has 0 aliphatic carbocycles. The van der Waals surface area contributed by atoms with Gasteiger partial charge in [-0.25, -0.2) is 4.98 Å². The van der Waals surface area contributed by atoms with Gasteiger partial charge in [0, 0.05) is 25.3 Å². The lowest BCUT2D eigenvalue weighted by Gasteiger charge is -2.19. The summed E-state index contributed by atoms with van der Waals surface area (Å²) in [4.78, 5) is 29.0. The molecule has 1 atom stereocenters. The van der Waals surface area contributed by atoms with Gasteiger partial charge in [0.2, 0.25) is 5.91 Å². The van der Waals surface area contributed by atoms with Gasteiger partial charge < -0.3 is 11.1 Å². The highest BCUT2D eigenvalue weighted by atomic mass is 16.1. The van der Waals surface area contributed by atoms with E-state index < -0.39 is 0 Å². The van der Waals surface area contributed by atoms with Crippen LogP contribution in [0.15, 0.2) is 4.79 Å². The van der Waals surface area contributed by atoms with Crippen LogP contribution in [0.2, 0.25) is 0 Å². The minimum Gasteiger partial charge on any atom is -0.352 e. The minimum atomic E-state index is -0.182. The summed E-state index contributed by atoms with van der Waals surface area (Å²) in [7, 11) is 1.75. The van der Waals surface area contributed by atoms with E-state index in [1.807, 2.05) is 13.8 Å². The first kappa shape index (κ1) is 18.2. The van der Waals surface area contributed by atoms with E-state index in [-0.39, 0.29) is 23.9 Å². The van der Waals surface area contributed by atoms with Crippen LogP contribution >= 0.6 is 0 Å². The number of hydrogen-bond donors (Lipinski definition) is 3. The van der Waals surface area contributed by atoms with Gasteiger partial charge in [0.25, 0.3) is 5.56 Å². The van der Waals surface area contributed by atoms with Crippen LogP contribution in [-0.2, 0) is 18.3 Å². The van der Waals surface area contributed by atoms with Gasteiger partial charge in [0.15, 0.2) is 5.65 Å². The van der Waals surface area contributed by atoms with Crippen LogP contribution in [0.3, 0.4) is 0 Å². The van der Waals surface area contributed by atoms with Gasteiger partial charge in [-0.2, -0.15) is 0 Å². The summed E-state index contributed by atoms with van der Waals surface area (Å²) in [5.74, 6) is 0.369. The zero-order valence-corrected chi connectivity index (χ0v) is 15.1. The lowest BCUT2D eigenvalue weighted by atomic mass is 10.0. The first-order valence-electron chi connectivity index (χ1n) is 8.28. The van der Waals surface area contributed by atoms with Gasteiger partial charge in [-0.1, -0.05) is 13.8 Å². The summed E-state index contributed by atoms with van der Waals surface area (Å²) in [6.07, 6.45) is 1.04. The number of fused-ring (bicyclic) bond motifs is 1. The highest BCUT2D eigenvalue weighted by molar-refractivity contribution is 5.84. The Kier molecular flexibility index (Phi) is 5.43. The predicted molar refractivity (Wildman–Crippen MR) is 95.0 cm³/mol. The summed E-state index contributed by atoms with van der Waals surface area (Å²) in [5.41, 5.74) is 8.55. The van der Waals surface area contributed by atoms with Gasteiger partial charge in [0.1, 0.15) is 0 Å². The van der Waals surface area contributed by atoms with Crippen molar-refractivity contribution < 1.29 is 4.79 Å². The maximum absolute atomic E-state index is 12.4. The Hall–Kier alpha value is -2.15. The Morgan fingerprint density at radius 3 is 2.62 bits per heavy atom. The number of amides is 1. The van der Waals surface area contributed by atoms with Crippen LogP contribution in [0.5, 0.6) is 0 Å². The molecule has 1 unspecified atom stereocenters. The van der Waals surface area contributed by atoms with Crippen molar-refractivity contribution in [3.63, 3.8) is 0 Å². The third-order valence-corrected chi connectivity index (χ3v) is 4.32. The van der Waals surface area contributed by atoms with Crippen molar-refractivity contribution >= 4 is 16.9 Å². The number of aromatic amines is 1. The molecule has 0 saturated heterocycles. The molecule has 0 aliphatic rings. The van der Waals surface area contributed by atoms with E-state index in [2.05, 4.69) is 29.2 Å². The molecule has 0 spiro atoms. The Morgan fingerprint density at radius 2 is 2.04 bits per heavy atom. The van der Waals surface area contributed by atoms with Gasteiger partial charge in [0.05, 0.1) is 11.8 Å². The second kappa shape index (κ2) is 7.17. The van der Waals surface area contributed by atoms with Gasteiger partial charge in [-0.3, -0.25) is 19.4 Å². The molecule has 0 saturated carbocycles. The number of aromatic nitrogens is 3. The zero-order valence-electron chi connectivity index (χ0n) is 15.1. The van der Waals surface area contributed by atoms with Crippen molar-refractivity contribution in [1.29, 1.82) is 0 Å². The van der Waals surface area contributed by atoms with E-state index in [0.717, 1.165) is 23.2 Å². The highest BCUT2D eigenvalue weighted by Crippen LogP contribution is 2.20. The number of rotatable bonds is 6. The quantitative estimate of drug-likeness (QED) is 0.730. The summed E-state index contributed by atoms with van der Waals surface area (Å²) < 4.78 is 1.61. The fourth-order valence-electron chi connectivity index (χ4n) is 3.13. The predicted octanol–water partition coefficient (Wildman–Crippen LogP) is 0.911. The van der Waals surface area contributed by atoms with Gasteiger partial charge in [-0.05, 0) is 37.3 Å². The Balaban J connectivity index is 2.28. The average Bonchev–Trinajstić information content (AvgIpc) is 2.76. The van der Waals surface area contributed by atoms with E-state index in [9.17, 15) is 9.59 Å². The molecule has 7 heteroatoms. The van der Waals surface area contributed by atoms with E-state index >= 15 is 0 Å². The molecule has 2 heterocycles. The fourth-order valence-corrected chi connectivity index (χ4v) is 3.13. The molecule has 1 amide bonds. The van der Waals surface area contributed by atoms with Crippen LogP contribution in [0.25, 0.3) is 11.0 Å². The van der Waals surface area contributed by atoms with Gasteiger partial charge >= 0.3 is 0 Å². The second-order valence-electron chi connectivity index (χ2n) is 6.81. The number of pyridine rings is 1. The normalized spacial score (nSPS) is 12.8. The van der Waals surface area contributed by atoms with Crippen LogP contribution in [0.1, 0.15) is 37.1 Å². The SMILES string of the molecule is Cc1nc2c(c(C)c1CC(=O)NC(CN)CC(C)C)c(=O)[nH]n2C. The van der Waals surface area contributed by atoms with Crippen LogP contribution in [0.4, 0.5) is 0 Å². The van der Waals surface area contributed by atoms with Crippen LogP contribution in [0, 0.1) is 19.8 Å². The molecule has 0 fully saturated rings. The zero-order chi connectivity index (χ0) is 18.0. The van der Waals surface area contributed by atoms with E-state index in [1.165, 1.54) is 0 Å². The first-order valence-corrected chi connectivity index (χ1v) is 8.28. The smallest absolute Gasteiger partial charge is 0.273 e. The number of carbonyl (C=O) groups is 1. The van der Waals surface area contributed by atoms with Crippen molar-refractivity contribution in [3.05, 3.63) is 27.2 Å². The number of hydrogen-bond acceptors (Lipinski definition) is 4. The van der Waals surface area contributed by atoms with Crippen molar-refractivity contribution in [3.8, 4) is 0 Å². The van der Waals surface area contributed by atoms with Crippen molar-refractivity contribution in [2.24, 2.45) is 18.7 Å². The number of nitrogens with one attached hydrogen (secondary N) is 2. The molecule has 4 N–H and O–H groups in total. The monoisotopic (exact) mass is 333 g/mol. The summed E-state index contributed by atoms with van der Waals surface area (Å²) >= 11 is 0. The maximum Gasteiger partial charge on any atom is 0.273 e. The molecular formula is C17H27N5O2.